The largest absolute Gasteiger partial charge is 0.394 e. The van der Waals surface area contributed by atoms with Crippen molar-refractivity contribution < 1.29 is 18.3 Å². The topological polar surface area (TPSA) is 63.6 Å². The molecule has 19 heavy (non-hydrogen) atoms. The van der Waals surface area contributed by atoms with Gasteiger partial charge in [-0.2, -0.15) is 0 Å². The lowest BCUT2D eigenvalue weighted by Crippen LogP contribution is -2.39. The van der Waals surface area contributed by atoms with E-state index in [1.54, 1.807) is 20.8 Å². The molecule has 0 saturated heterocycles. The number of ether oxygens (including phenoxy) is 1. The third kappa shape index (κ3) is 4.43. The quantitative estimate of drug-likeness (QED) is 0.730. The van der Waals surface area contributed by atoms with Gasteiger partial charge in [-0.25, -0.2) is 8.42 Å². The summed E-state index contributed by atoms with van der Waals surface area (Å²) in [4.78, 5) is 0. The highest BCUT2D eigenvalue weighted by atomic mass is 32.2. The highest BCUT2D eigenvalue weighted by Gasteiger charge is 2.43. The van der Waals surface area contributed by atoms with Crippen LogP contribution in [0, 0.1) is 5.92 Å². The minimum atomic E-state index is -3.05. The van der Waals surface area contributed by atoms with E-state index in [2.05, 4.69) is 0 Å². The molecule has 1 aliphatic rings. The molecule has 2 atom stereocenters. The Labute approximate surface area is 117 Å². The molecule has 114 valence electrons. The predicted molar refractivity (Wildman–Crippen MR) is 76.9 cm³/mol. The molecule has 4 nitrogen and oxygen atoms in total. The lowest BCUT2D eigenvalue weighted by molar-refractivity contribution is 0.0878. The van der Waals surface area contributed by atoms with Crippen LogP contribution < -0.4 is 0 Å². The first-order chi connectivity index (χ1) is 8.80. The molecule has 0 bridgehead atoms. The molecule has 2 unspecified atom stereocenters. The Morgan fingerprint density at radius 1 is 1.21 bits per heavy atom. The van der Waals surface area contributed by atoms with Gasteiger partial charge in [0.2, 0.25) is 0 Å². The molecule has 0 spiro atoms. The molecule has 0 aliphatic heterocycles. The van der Waals surface area contributed by atoms with Crippen LogP contribution in [0.3, 0.4) is 0 Å². The molecule has 1 saturated carbocycles. The van der Waals surface area contributed by atoms with Gasteiger partial charge in [-0.1, -0.05) is 6.42 Å². The number of hydrogen-bond donors (Lipinski definition) is 1. The van der Waals surface area contributed by atoms with Crippen molar-refractivity contribution in [1.82, 2.24) is 0 Å². The standard InChI is InChI=1S/C14H28O4S/c1-14(2,3)19(16,17)13-8-4-6-12(13)7-5-10-18-11-9-15/h12-13,15H,4-11H2,1-3H3. The highest BCUT2D eigenvalue weighted by molar-refractivity contribution is 7.93. The van der Waals surface area contributed by atoms with Crippen molar-refractivity contribution in [3.63, 3.8) is 0 Å². The predicted octanol–water partition coefficient (Wildman–Crippen LogP) is 2.16. The van der Waals surface area contributed by atoms with E-state index in [0.29, 0.717) is 13.2 Å². The van der Waals surface area contributed by atoms with Crippen molar-refractivity contribution in [3.8, 4) is 0 Å². The van der Waals surface area contributed by atoms with Gasteiger partial charge in [0.15, 0.2) is 9.84 Å². The first-order valence-corrected chi connectivity index (χ1v) is 8.77. The summed E-state index contributed by atoms with van der Waals surface area (Å²) in [5.41, 5.74) is 0. The summed E-state index contributed by atoms with van der Waals surface area (Å²) in [6.07, 6.45) is 4.62. The normalized spacial score (nSPS) is 24.8. The van der Waals surface area contributed by atoms with Crippen molar-refractivity contribution in [2.24, 2.45) is 5.92 Å². The molecule has 0 aromatic heterocycles. The maximum absolute atomic E-state index is 12.5. The molecule has 0 aromatic carbocycles. The van der Waals surface area contributed by atoms with E-state index in [1.807, 2.05) is 0 Å². The summed E-state index contributed by atoms with van der Waals surface area (Å²) in [6, 6.07) is 0. The zero-order chi connectivity index (χ0) is 14.5. The fraction of sp³-hybridized carbons (Fsp3) is 1.00. The zero-order valence-corrected chi connectivity index (χ0v) is 13.2. The molecule has 0 aromatic rings. The first kappa shape index (κ1) is 16.9. The minimum Gasteiger partial charge on any atom is -0.394 e. The van der Waals surface area contributed by atoms with Crippen LogP contribution in [0.2, 0.25) is 0 Å². The van der Waals surface area contributed by atoms with E-state index in [0.717, 1.165) is 32.1 Å². The number of rotatable bonds is 7. The molecular weight excluding hydrogens is 264 g/mol. The first-order valence-electron chi connectivity index (χ1n) is 7.22. The zero-order valence-electron chi connectivity index (χ0n) is 12.4. The molecule has 1 rings (SSSR count). The summed E-state index contributed by atoms with van der Waals surface area (Å²) in [7, 11) is -3.05. The second-order valence-electron chi connectivity index (χ2n) is 6.37. The van der Waals surface area contributed by atoms with Gasteiger partial charge in [-0.15, -0.1) is 0 Å². The van der Waals surface area contributed by atoms with E-state index in [4.69, 9.17) is 9.84 Å². The van der Waals surface area contributed by atoms with Crippen molar-refractivity contribution >= 4 is 9.84 Å². The number of aliphatic hydroxyl groups excluding tert-OH is 1. The van der Waals surface area contributed by atoms with Crippen molar-refractivity contribution in [2.75, 3.05) is 19.8 Å². The Morgan fingerprint density at radius 3 is 2.47 bits per heavy atom. The van der Waals surface area contributed by atoms with Gasteiger partial charge in [-0.3, -0.25) is 0 Å². The molecule has 5 heteroatoms. The van der Waals surface area contributed by atoms with E-state index in [9.17, 15) is 8.42 Å². The van der Waals surface area contributed by atoms with Gasteiger partial charge < -0.3 is 9.84 Å². The van der Waals surface area contributed by atoms with Gasteiger partial charge >= 0.3 is 0 Å². The molecule has 0 radical (unpaired) electrons. The Balaban J connectivity index is 2.51. The summed E-state index contributed by atoms with van der Waals surface area (Å²) in [5, 5.41) is 8.44. The summed E-state index contributed by atoms with van der Waals surface area (Å²) in [6.45, 7) is 6.41. The number of sulfone groups is 1. The average molecular weight is 292 g/mol. The minimum absolute atomic E-state index is 0.0461. The van der Waals surface area contributed by atoms with E-state index < -0.39 is 14.6 Å². The summed E-state index contributed by atoms with van der Waals surface area (Å²) >= 11 is 0. The molecule has 1 aliphatic carbocycles. The average Bonchev–Trinajstić information content (AvgIpc) is 2.76. The Hall–Kier alpha value is -0.130. The van der Waals surface area contributed by atoms with Gasteiger partial charge in [0.05, 0.1) is 23.2 Å². The molecular formula is C14H28O4S. The summed E-state index contributed by atoms with van der Waals surface area (Å²) < 4.78 is 29.6. The summed E-state index contributed by atoms with van der Waals surface area (Å²) in [5.74, 6) is 0.280. The van der Waals surface area contributed by atoms with Crippen molar-refractivity contribution in [1.29, 1.82) is 0 Å². The van der Waals surface area contributed by atoms with E-state index >= 15 is 0 Å². The van der Waals surface area contributed by atoms with Crippen LogP contribution >= 0.6 is 0 Å². The molecule has 0 amide bonds. The molecule has 1 fully saturated rings. The smallest absolute Gasteiger partial charge is 0.158 e. The number of hydrogen-bond acceptors (Lipinski definition) is 4. The second kappa shape index (κ2) is 7.04. The second-order valence-corrected chi connectivity index (χ2v) is 9.29. The Bertz CT molecular complexity index is 356. The monoisotopic (exact) mass is 292 g/mol. The molecule has 0 heterocycles. The van der Waals surface area contributed by atoms with Gasteiger partial charge in [-0.05, 0) is 52.4 Å². The Morgan fingerprint density at radius 2 is 1.89 bits per heavy atom. The van der Waals surface area contributed by atoms with Crippen LogP contribution in [0.4, 0.5) is 0 Å². The van der Waals surface area contributed by atoms with Crippen LogP contribution in [-0.4, -0.2) is 43.3 Å². The van der Waals surface area contributed by atoms with E-state index in [-0.39, 0.29) is 17.8 Å². The van der Waals surface area contributed by atoms with Crippen LogP contribution in [0.5, 0.6) is 0 Å². The van der Waals surface area contributed by atoms with Crippen LogP contribution in [0.15, 0.2) is 0 Å². The lowest BCUT2D eigenvalue weighted by atomic mass is 10.0. The lowest BCUT2D eigenvalue weighted by Gasteiger charge is -2.28. The van der Waals surface area contributed by atoms with Crippen LogP contribution in [-0.2, 0) is 14.6 Å². The van der Waals surface area contributed by atoms with Gasteiger partial charge in [0, 0.05) is 6.61 Å². The number of aliphatic hydroxyl groups is 1. The maximum atomic E-state index is 12.5. The highest BCUT2D eigenvalue weighted by Crippen LogP contribution is 2.38. The van der Waals surface area contributed by atoms with Gasteiger partial charge in [0.1, 0.15) is 0 Å². The van der Waals surface area contributed by atoms with Crippen LogP contribution in [0.1, 0.15) is 52.9 Å². The van der Waals surface area contributed by atoms with Crippen LogP contribution in [0.25, 0.3) is 0 Å². The fourth-order valence-electron chi connectivity index (χ4n) is 2.81. The third-order valence-electron chi connectivity index (χ3n) is 3.94. The van der Waals surface area contributed by atoms with Crippen molar-refractivity contribution in [3.05, 3.63) is 0 Å². The fourth-order valence-corrected chi connectivity index (χ4v) is 4.97. The Kier molecular flexibility index (Phi) is 6.27. The molecule has 1 N–H and O–H groups in total. The maximum Gasteiger partial charge on any atom is 0.158 e. The van der Waals surface area contributed by atoms with Crippen molar-refractivity contribution in [2.45, 2.75) is 62.9 Å². The van der Waals surface area contributed by atoms with E-state index in [1.165, 1.54) is 0 Å². The third-order valence-corrected chi connectivity index (χ3v) is 7.07. The van der Waals surface area contributed by atoms with Gasteiger partial charge in [0.25, 0.3) is 0 Å². The SMILES string of the molecule is CC(C)(C)S(=O)(=O)C1CCCC1CCCOCCO.